The smallest absolute Gasteiger partial charge is 0.202 e. The minimum Gasteiger partial charge on any atom is -0.285 e. The van der Waals surface area contributed by atoms with Crippen molar-refractivity contribution < 1.29 is 4.79 Å². The van der Waals surface area contributed by atoms with E-state index < -0.39 is 0 Å². The maximum absolute atomic E-state index is 10.5. The molecule has 0 saturated heterocycles. The van der Waals surface area contributed by atoms with Gasteiger partial charge in [-0.25, -0.2) is 0 Å². The second-order valence-corrected chi connectivity index (χ2v) is 13.7. The van der Waals surface area contributed by atoms with Gasteiger partial charge in [-0.15, -0.1) is 0 Å². The van der Waals surface area contributed by atoms with Crippen LogP contribution in [0.4, 0.5) is 0 Å². The summed E-state index contributed by atoms with van der Waals surface area (Å²) >= 11 is 0. The van der Waals surface area contributed by atoms with Gasteiger partial charge < -0.3 is 0 Å². The van der Waals surface area contributed by atoms with Gasteiger partial charge in [0.2, 0.25) is 5.78 Å². The second-order valence-electron chi connectivity index (χ2n) is 13.7. The van der Waals surface area contributed by atoms with E-state index >= 15 is 0 Å². The number of ketones is 1. The van der Waals surface area contributed by atoms with E-state index in [0.717, 1.165) is 12.8 Å². The highest BCUT2D eigenvalue weighted by atomic mass is 16.1. The van der Waals surface area contributed by atoms with Crippen LogP contribution >= 0.6 is 0 Å². The summed E-state index contributed by atoms with van der Waals surface area (Å²) in [6.07, 6.45) is 28.1. The van der Waals surface area contributed by atoms with Gasteiger partial charge in [0.1, 0.15) is 0 Å². The van der Waals surface area contributed by atoms with Crippen LogP contribution in [0.1, 0.15) is 175 Å². The molecule has 1 aliphatic rings. The molecule has 1 heteroatoms. The van der Waals surface area contributed by atoms with Gasteiger partial charge in [-0.1, -0.05) is 153 Å². The summed E-state index contributed by atoms with van der Waals surface area (Å²) in [5.41, 5.74) is 7.74. The van der Waals surface area contributed by atoms with E-state index in [1.807, 2.05) is 0 Å². The average Bonchev–Trinajstić information content (AvgIpc) is 2.95. The van der Waals surface area contributed by atoms with E-state index in [0.29, 0.717) is 0 Å². The zero-order valence-electron chi connectivity index (χ0n) is 29.1. The number of carbonyl (C=O) groups excluding carboxylic acids is 1. The van der Waals surface area contributed by atoms with Gasteiger partial charge in [-0.05, 0) is 85.0 Å². The van der Waals surface area contributed by atoms with Gasteiger partial charge in [0.25, 0.3) is 0 Å². The highest BCUT2D eigenvalue weighted by Gasteiger charge is 2.36. The molecule has 0 spiro atoms. The maximum Gasteiger partial charge on any atom is 0.202 e. The SMILES string of the molecule is C/C=C(/C=C\C=C(/C)CCCC)c1ccc2c(c1)C(C)(C)CCC2(C)C.CCCCCCCCCCCC#CC(C)=O. The molecule has 0 N–H and O–H groups in total. The quantitative estimate of drug-likeness (QED) is 0.0884. The normalized spacial score (nSPS) is 15.8. The van der Waals surface area contributed by atoms with E-state index in [-0.39, 0.29) is 16.6 Å². The third-order valence-electron chi connectivity index (χ3n) is 8.75. The number of carbonyl (C=O) groups is 1. The predicted molar refractivity (Wildman–Crippen MR) is 188 cm³/mol. The van der Waals surface area contributed by atoms with Crippen molar-refractivity contribution in [1.29, 1.82) is 0 Å². The van der Waals surface area contributed by atoms with Crippen LogP contribution in [0.3, 0.4) is 0 Å². The summed E-state index contributed by atoms with van der Waals surface area (Å²) in [6, 6.07) is 7.14. The molecule has 0 atom stereocenters. The molecule has 0 unspecified atom stereocenters. The van der Waals surface area contributed by atoms with Crippen LogP contribution < -0.4 is 0 Å². The Morgan fingerprint density at radius 1 is 0.810 bits per heavy atom. The van der Waals surface area contributed by atoms with Crippen LogP contribution in [-0.4, -0.2) is 5.78 Å². The van der Waals surface area contributed by atoms with Crippen LogP contribution in [0.25, 0.3) is 5.57 Å². The molecule has 0 fully saturated rings. The largest absolute Gasteiger partial charge is 0.285 e. The highest BCUT2D eigenvalue weighted by molar-refractivity contribution is 5.93. The maximum atomic E-state index is 10.5. The van der Waals surface area contributed by atoms with E-state index in [1.165, 1.54) is 118 Å². The van der Waals surface area contributed by atoms with Gasteiger partial charge in [-0.2, -0.15) is 0 Å². The predicted octanol–water partition coefficient (Wildman–Crippen LogP) is 12.6. The van der Waals surface area contributed by atoms with Crippen molar-refractivity contribution in [3.63, 3.8) is 0 Å². The number of hydrogen-bond acceptors (Lipinski definition) is 1. The van der Waals surface area contributed by atoms with Crippen molar-refractivity contribution in [3.8, 4) is 11.8 Å². The number of benzene rings is 1. The molecule has 0 heterocycles. The van der Waals surface area contributed by atoms with Gasteiger partial charge >= 0.3 is 0 Å². The molecule has 1 aromatic carbocycles. The van der Waals surface area contributed by atoms with Gasteiger partial charge in [0.05, 0.1) is 0 Å². The lowest BCUT2D eigenvalue weighted by molar-refractivity contribution is -0.111. The summed E-state index contributed by atoms with van der Waals surface area (Å²) in [7, 11) is 0. The van der Waals surface area contributed by atoms with E-state index in [1.54, 1.807) is 0 Å². The van der Waals surface area contributed by atoms with Crippen molar-refractivity contribution in [3.05, 3.63) is 64.8 Å². The molecule has 1 aliphatic carbocycles. The van der Waals surface area contributed by atoms with Crippen molar-refractivity contribution in [2.24, 2.45) is 0 Å². The summed E-state index contributed by atoms with van der Waals surface area (Å²) in [6.45, 7) is 20.0. The summed E-state index contributed by atoms with van der Waals surface area (Å²) < 4.78 is 0. The van der Waals surface area contributed by atoms with Crippen LogP contribution in [0.2, 0.25) is 0 Å². The standard InChI is InChI=1S/C26H38.C15H26O/c1-8-10-12-20(3)13-11-14-21(9-2)22-15-16-23-24(19-22)26(6,7)18-17-25(23,4)5;1-3-4-5-6-7-8-9-10-11-12-13-14-15(2)16/h9,11,13-16,19H,8,10,12,17-18H2,1-7H3;3-12H2,1-2H3/b14-11-,20-13+,21-9-;. The summed E-state index contributed by atoms with van der Waals surface area (Å²) in [5.74, 6) is 5.47. The van der Waals surface area contributed by atoms with E-state index in [2.05, 4.69) is 110 Å². The molecule has 1 nitrogen and oxygen atoms in total. The molecular weight excluding hydrogens is 508 g/mol. The Labute approximate surface area is 261 Å². The molecular formula is C41H64O. The molecule has 2 rings (SSSR count). The first-order valence-corrected chi connectivity index (χ1v) is 17.1. The number of rotatable bonds is 15. The molecule has 0 radical (unpaired) electrons. The molecule has 234 valence electrons. The van der Waals surface area contributed by atoms with Crippen molar-refractivity contribution in [1.82, 2.24) is 0 Å². The second kappa shape index (κ2) is 20.6. The fraction of sp³-hybridized carbons (Fsp3) is 0.634. The highest BCUT2D eigenvalue weighted by Crippen LogP contribution is 2.46. The Kier molecular flexibility index (Phi) is 18.4. The van der Waals surface area contributed by atoms with E-state index in [4.69, 9.17) is 0 Å². The first kappa shape index (κ1) is 37.7. The topological polar surface area (TPSA) is 17.1 Å². The lowest BCUT2D eigenvalue weighted by atomic mass is 9.63. The van der Waals surface area contributed by atoms with Gasteiger partial charge in [-0.3, -0.25) is 4.79 Å². The zero-order chi connectivity index (χ0) is 31.4. The van der Waals surface area contributed by atoms with Gasteiger partial charge in [0, 0.05) is 13.3 Å². The molecule has 0 saturated carbocycles. The summed E-state index contributed by atoms with van der Waals surface area (Å²) in [4.78, 5) is 10.5. The molecule has 1 aromatic rings. The Bertz CT molecular complexity index is 1080. The number of hydrogen-bond donors (Lipinski definition) is 0. The Balaban J connectivity index is 0.000000476. The Morgan fingerprint density at radius 3 is 1.95 bits per heavy atom. The first-order chi connectivity index (χ1) is 20.0. The first-order valence-electron chi connectivity index (χ1n) is 17.1. The Morgan fingerprint density at radius 2 is 1.38 bits per heavy atom. The fourth-order valence-corrected chi connectivity index (χ4v) is 5.69. The van der Waals surface area contributed by atoms with E-state index in [9.17, 15) is 4.79 Å². The van der Waals surface area contributed by atoms with Crippen LogP contribution in [-0.2, 0) is 15.6 Å². The zero-order valence-corrected chi connectivity index (χ0v) is 29.1. The molecule has 42 heavy (non-hydrogen) atoms. The number of fused-ring (bicyclic) bond motifs is 1. The Hall–Kier alpha value is -2.33. The lowest BCUT2D eigenvalue weighted by Gasteiger charge is -2.42. The fourth-order valence-electron chi connectivity index (χ4n) is 5.69. The molecule has 0 bridgehead atoms. The number of unbranched alkanes of at least 4 members (excludes halogenated alkanes) is 10. The average molecular weight is 573 g/mol. The third kappa shape index (κ3) is 14.7. The molecule has 0 aliphatic heterocycles. The minimum atomic E-state index is -0.0177. The lowest BCUT2D eigenvalue weighted by Crippen LogP contribution is -2.33. The third-order valence-corrected chi connectivity index (χ3v) is 8.75. The summed E-state index contributed by atoms with van der Waals surface area (Å²) in [5, 5.41) is 0. The number of Topliss-reactive ketones (excluding diaryl/α,β-unsaturated/α-hetero) is 1. The van der Waals surface area contributed by atoms with Crippen molar-refractivity contribution in [2.45, 2.75) is 169 Å². The van der Waals surface area contributed by atoms with Crippen molar-refractivity contribution in [2.75, 3.05) is 0 Å². The molecule has 0 aromatic heterocycles. The molecule has 0 amide bonds. The minimum absolute atomic E-state index is 0.0177. The van der Waals surface area contributed by atoms with Crippen LogP contribution in [0.5, 0.6) is 0 Å². The monoisotopic (exact) mass is 572 g/mol. The van der Waals surface area contributed by atoms with Crippen molar-refractivity contribution >= 4 is 11.4 Å². The van der Waals surface area contributed by atoms with Gasteiger partial charge in [0.15, 0.2) is 0 Å². The van der Waals surface area contributed by atoms with Crippen LogP contribution in [0, 0.1) is 11.8 Å². The number of allylic oxidation sites excluding steroid dienone is 6. The van der Waals surface area contributed by atoms with Crippen LogP contribution in [0.15, 0.2) is 48.1 Å².